The van der Waals surface area contributed by atoms with E-state index in [2.05, 4.69) is 47.6 Å². The molecule has 4 heteroatoms. The summed E-state index contributed by atoms with van der Waals surface area (Å²) in [6.45, 7) is 17.2. The van der Waals surface area contributed by atoms with Gasteiger partial charge in [-0.3, -0.25) is 4.79 Å². The second-order valence-corrected chi connectivity index (χ2v) is 14.5. The SMILES string of the molecule is C[C@@H](C[C@@H](O)C(=O)C(C)(C)O)[C@@H]1CC[C@]2(C)C3=CC[C@H]4C(C)(C)[C@@H](O)CC[C@]4(C)[C@H]3CC[C@@]12C. The van der Waals surface area contributed by atoms with E-state index in [0.29, 0.717) is 24.2 Å². The fraction of sp³-hybridized carbons (Fsp3) is 0.900. The van der Waals surface area contributed by atoms with Crippen molar-refractivity contribution in [2.75, 3.05) is 0 Å². The number of carbonyl (C=O) groups excluding carboxylic acids is 1. The average molecular weight is 475 g/mol. The summed E-state index contributed by atoms with van der Waals surface area (Å²) in [5, 5.41) is 31.5. The Morgan fingerprint density at radius 3 is 2.35 bits per heavy atom. The van der Waals surface area contributed by atoms with Crippen LogP contribution in [0, 0.1) is 45.3 Å². The molecular weight excluding hydrogens is 424 g/mol. The molecule has 0 aromatic carbocycles. The van der Waals surface area contributed by atoms with E-state index in [1.54, 1.807) is 5.57 Å². The predicted octanol–water partition coefficient (Wildman–Crippen LogP) is 5.68. The molecule has 9 atom stereocenters. The molecule has 0 aromatic rings. The molecule has 3 fully saturated rings. The molecule has 0 spiro atoms. The average Bonchev–Trinajstić information content (AvgIpc) is 3.01. The van der Waals surface area contributed by atoms with Gasteiger partial charge >= 0.3 is 0 Å². The van der Waals surface area contributed by atoms with E-state index >= 15 is 0 Å². The first-order valence-electron chi connectivity index (χ1n) is 13.8. The number of carbonyl (C=O) groups is 1. The van der Waals surface area contributed by atoms with E-state index in [-0.39, 0.29) is 33.7 Å². The number of aliphatic hydroxyl groups is 3. The van der Waals surface area contributed by atoms with Crippen molar-refractivity contribution in [2.24, 2.45) is 45.3 Å². The third-order valence-corrected chi connectivity index (χ3v) is 12.1. The first kappa shape index (κ1) is 26.4. The van der Waals surface area contributed by atoms with Crippen LogP contribution < -0.4 is 0 Å². The normalized spacial score (nSPS) is 45.4. The Hall–Kier alpha value is -0.710. The lowest BCUT2D eigenvalue weighted by molar-refractivity contribution is -0.144. The summed E-state index contributed by atoms with van der Waals surface area (Å²) in [4.78, 5) is 12.4. The first-order valence-corrected chi connectivity index (χ1v) is 13.8. The highest BCUT2D eigenvalue weighted by molar-refractivity contribution is 5.89. The molecule has 0 heterocycles. The highest BCUT2D eigenvalue weighted by Crippen LogP contribution is 2.73. The van der Waals surface area contributed by atoms with Crippen molar-refractivity contribution in [3.63, 3.8) is 0 Å². The molecule has 4 rings (SSSR count). The van der Waals surface area contributed by atoms with Gasteiger partial charge < -0.3 is 15.3 Å². The van der Waals surface area contributed by atoms with Crippen LogP contribution in [0.3, 0.4) is 0 Å². The molecule has 0 amide bonds. The van der Waals surface area contributed by atoms with Crippen molar-refractivity contribution >= 4 is 5.78 Å². The molecular formula is C30H50O4. The number of hydrogen-bond acceptors (Lipinski definition) is 4. The van der Waals surface area contributed by atoms with Gasteiger partial charge in [0.25, 0.3) is 0 Å². The molecule has 4 nitrogen and oxygen atoms in total. The van der Waals surface area contributed by atoms with Crippen LogP contribution in [-0.2, 0) is 4.79 Å². The van der Waals surface area contributed by atoms with Crippen LogP contribution in [0.15, 0.2) is 11.6 Å². The maximum absolute atomic E-state index is 12.4. The van der Waals surface area contributed by atoms with Crippen molar-refractivity contribution < 1.29 is 20.1 Å². The molecule has 0 unspecified atom stereocenters. The molecule has 3 saturated carbocycles. The first-order chi connectivity index (χ1) is 15.5. The van der Waals surface area contributed by atoms with E-state index in [0.717, 1.165) is 25.7 Å². The molecule has 0 aromatic heterocycles. The van der Waals surface area contributed by atoms with E-state index in [1.165, 1.54) is 33.1 Å². The van der Waals surface area contributed by atoms with Crippen molar-refractivity contribution in [1.29, 1.82) is 0 Å². The highest BCUT2D eigenvalue weighted by Gasteiger charge is 2.65. The third kappa shape index (κ3) is 3.60. The fourth-order valence-electron chi connectivity index (χ4n) is 9.68. The van der Waals surface area contributed by atoms with E-state index in [9.17, 15) is 20.1 Å². The molecule has 0 saturated heterocycles. The second-order valence-electron chi connectivity index (χ2n) is 14.5. The van der Waals surface area contributed by atoms with Crippen molar-refractivity contribution in [3.8, 4) is 0 Å². The number of aliphatic hydroxyl groups excluding tert-OH is 2. The molecule has 3 N–H and O–H groups in total. The number of ketones is 1. The van der Waals surface area contributed by atoms with Crippen molar-refractivity contribution in [2.45, 2.75) is 125 Å². The molecule has 4 aliphatic rings. The van der Waals surface area contributed by atoms with Crippen LogP contribution in [0.1, 0.15) is 107 Å². The van der Waals surface area contributed by atoms with E-state index in [1.807, 2.05) is 0 Å². The minimum atomic E-state index is -1.49. The smallest absolute Gasteiger partial charge is 0.192 e. The molecule has 0 radical (unpaired) electrons. The number of hydrogen-bond donors (Lipinski definition) is 3. The van der Waals surface area contributed by atoms with Crippen molar-refractivity contribution in [1.82, 2.24) is 0 Å². The zero-order chi connectivity index (χ0) is 25.5. The Labute approximate surface area is 207 Å². The number of rotatable bonds is 5. The summed E-state index contributed by atoms with van der Waals surface area (Å²) in [5.41, 5.74) is 0.678. The summed E-state index contributed by atoms with van der Waals surface area (Å²) in [6.07, 6.45) is 9.46. The van der Waals surface area contributed by atoms with Gasteiger partial charge in [-0.2, -0.15) is 0 Å². The zero-order valence-corrected chi connectivity index (χ0v) is 22.9. The van der Waals surface area contributed by atoms with Crippen LogP contribution in [0.4, 0.5) is 0 Å². The Morgan fingerprint density at radius 2 is 1.74 bits per heavy atom. The van der Waals surface area contributed by atoms with Crippen LogP contribution in [0.5, 0.6) is 0 Å². The quantitative estimate of drug-likeness (QED) is 0.448. The highest BCUT2D eigenvalue weighted by atomic mass is 16.3. The number of fused-ring (bicyclic) bond motifs is 5. The minimum absolute atomic E-state index is 0.0490. The van der Waals surface area contributed by atoms with Gasteiger partial charge in [-0.1, -0.05) is 53.2 Å². The summed E-state index contributed by atoms with van der Waals surface area (Å²) in [7, 11) is 0. The van der Waals surface area contributed by atoms with Gasteiger partial charge in [0, 0.05) is 0 Å². The van der Waals surface area contributed by atoms with Gasteiger partial charge in [-0.15, -0.1) is 0 Å². The standard InChI is InChI=1S/C30H50O4/c1-18(17-22(31)25(33)27(4,5)34)19-11-15-30(8)21-9-10-23-26(2,3)24(32)13-14-28(23,6)20(21)12-16-29(19,30)7/h9,18-20,22-24,31-32,34H,10-17H2,1-8H3/t18-,19-,20-,22+,23-,24-,28+,29-,30+/m0/s1. The largest absolute Gasteiger partial charge is 0.393 e. The minimum Gasteiger partial charge on any atom is -0.393 e. The van der Waals surface area contributed by atoms with Gasteiger partial charge in [0.15, 0.2) is 5.78 Å². The maximum atomic E-state index is 12.4. The summed E-state index contributed by atoms with van der Waals surface area (Å²) >= 11 is 0. The summed E-state index contributed by atoms with van der Waals surface area (Å²) < 4.78 is 0. The van der Waals surface area contributed by atoms with Crippen LogP contribution >= 0.6 is 0 Å². The lowest BCUT2D eigenvalue weighted by atomic mass is 9.41. The number of allylic oxidation sites excluding steroid dienone is 2. The maximum Gasteiger partial charge on any atom is 0.192 e. The van der Waals surface area contributed by atoms with E-state index in [4.69, 9.17) is 0 Å². The van der Waals surface area contributed by atoms with Gasteiger partial charge in [-0.05, 0) is 111 Å². The molecule has 0 aliphatic heterocycles. The van der Waals surface area contributed by atoms with Crippen LogP contribution in [0.25, 0.3) is 0 Å². The van der Waals surface area contributed by atoms with Gasteiger partial charge in [-0.25, -0.2) is 0 Å². The van der Waals surface area contributed by atoms with E-state index < -0.39 is 17.5 Å². The Kier molecular flexibility index (Phi) is 6.32. The Bertz CT molecular complexity index is 852. The Balaban J connectivity index is 1.60. The monoisotopic (exact) mass is 474 g/mol. The molecule has 34 heavy (non-hydrogen) atoms. The third-order valence-electron chi connectivity index (χ3n) is 12.1. The van der Waals surface area contributed by atoms with Gasteiger partial charge in [0.1, 0.15) is 11.7 Å². The second kappa shape index (κ2) is 8.15. The fourth-order valence-corrected chi connectivity index (χ4v) is 9.68. The van der Waals surface area contributed by atoms with Gasteiger partial charge in [0.05, 0.1) is 6.10 Å². The molecule has 0 bridgehead atoms. The molecule has 4 aliphatic carbocycles. The predicted molar refractivity (Wildman–Crippen MR) is 136 cm³/mol. The van der Waals surface area contributed by atoms with Crippen molar-refractivity contribution in [3.05, 3.63) is 11.6 Å². The number of Topliss-reactive ketones (excluding diaryl/α,β-unsaturated/α-hetero) is 1. The van der Waals surface area contributed by atoms with Crippen LogP contribution in [-0.4, -0.2) is 38.9 Å². The zero-order valence-electron chi connectivity index (χ0n) is 22.9. The van der Waals surface area contributed by atoms with Crippen LogP contribution in [0.2, 0.25) is 0 Å². The summed E-state index contributed by atoms with van der Waals surface area (Å²) in [5.74, 6) is 1.32. The molecule has 194 valence electrons. The Morgan fingerprint density at radius 1 is 1.09 bits per heavy atom. The lowest BCUT2D eigenvalue weighted by Crippen LogP contribution is -2.58. The van der Waals surface area contributed by atoms with Gasteiger partial charge in [0.2, 0.25) is 0 Å². The topological polar surface area (TPSA) is 77.8 Å². The lowest BCUT2D eigenvalue weighted by Gasteiger charge is -2.64. The summed E-state index contributed by atoms with van der Waals surface area (Å²) in [6, 6.07) is 0.